The largest absolute Gasteiger partial charge is 0.481 e. The van der Waals surface area contributed by atoms with Gasteiger partial charge in [-0.3, -0.25) is 4.79 Å². The molecular formula is C11H19NO2. The van der Waals surface area contributed by atoms with Crippen molar-refractivity contribution in [3.05, 3.63) is 0 Å². The van der Waals surface area contributed by atoms with Crippen LogP contribution in [-0.2, 0) is 4.79 Å². The molecule has 0 aromatic heterocycles. The van der Waals surface area contributed by atoms with Crippen molar-refractivity contribution in [3.63, 3.8) is 0 Å². The molecule has 0 saturated heterocycles. The molecule has 3 N–H and O–H groups in total. The summed E-state index contributed by atoms with van der Waals surface area (Å²) in [5.74, 6) is 0.867. The maximum Gasteiger partial charge on any atom is 0.303 e. The SMILES string of the molecule is NCC1(CC(=O)O)C[C@H]2CCC[C@@H]2C1. The van der Waals surface area contributed by atoms with Gasteiger partial charge in [0, 0.05) is 0 Å². The highest BCUT2D eigenvalue weighted by molar-refractivity contribution is 5.67. The van der Waals surface area contributed by atoms with E-state index >= 15 is 0 Å². The number of fused-ring (bicyclic) bond motifs is 1. The van der Waals surface area contributed by atoms with E-state index in [0.29, 0.717) is 6.54 Å². The van der Waals surface area contributed by atoms with Crippen molar-refractivity contribution >= 4 is 5.97 Å². The molecule has 2 fully saturated rings. The minimum Gasteiger partial charge on any atom is -0.481 e. The normalized spacial score (nSPS) is 34.4. The number of nitrogens with two attached hydrogens (primary N) is 1. The Bertz CT molecular complexity index is 227. The summed E-state index contributed by atoms with van der Waals surface area (Å²) in [5.41, 5.74) is 5.69. The van der Waals surface area contributed by atoms with Gasteiger partial charge in [-0.2, -0.15) is 0 Å². The Morgan fingerprint density at radius 1 is 1.36 bits per heavy atom. The molecule has 2 aliphatic rings. The molecule has 2 aliphatic carbocycles. The van der Waals surface area contributed by atoms with Gasteiger partial charge in [0.2, 0.25) is 0 Å². The Labute approximate surface area is 84.7 Å². The van der Waals surface area contributed by atoms with Crippen molar-refractivity contribution < 1.29 is 9.90 Å². The predicted octanol–water partition coefficient (Wildman–Crippen LogP) is 1.62. The average Bonchev–Trinajstić information content (AvgIpc) is 2.61. The van der Waals surface area contributed by atoms with Crippen molar-refractivity contribution in [3.8, 4) is 0 Å². The molecule has 2 rings (SSSR count). The monoisotopic (exact) mass is 197 g/mol. The van der Waals surface area contributed by atoms with E-state index in [2.05, 4.69) is 0 Å². The van der Waals surface area contributed by atoms with Gasteiger partial charge in [0.05, 0.1) is 6.42 Å². The lowest BCUT2D eigenvalue weighted by Gasteiger charge is -2.26. The first kappa shape index (κ1) is 9.97. The van der Waals surface area contributed by atoms with E-state index in [0.717, 1.165) is 24.7 Å². The summed E-state index contributed by atoms with van der Waals surface area (Å²) in [7, 11) is 0. The summed E-state index contributed by atoms with van der Waals surface area (Å²) in [6, 6.07) is 0. The summed E-state index contributed by atoms with van der Waals surface area (Å²) in [6.07, 6.45) is 6.32. The van der Waals surface area contributed by atoms with Crippen molar-refractivity contribution in [1.82, 2.24) is 0 Å². The highest BCUT2D eigenvalue weighted by Crippen LogP contribution is 2.53. The van der Waals surface area contributed by atoms with Gasteiger partial charge in [-0.05, 0) is 36.6 Å². The van der Waals surface area contributed by atoms with Crippen LogP contribution in [0.2, 0.25) is 0 Å². The van der Waals surface area contributed by atoms with Crippen molar-refractivity contribution in [1.29, 1.82) is 0 Å². The molecule has 14 heavy (non-hydrogen) atoms. The van der Waals surface area contributed by atoms with Crippen LogP contribution in [0.15, 0.2) is 0 Å². The summed E-state index contributed by atoms with van der Waals surface area (Å²) >= 11 is 0. The minimum atomic E-state index is -0.685. The Hall–Kier alpha value is -0.570. The van der Waals surface area contributed by atoms with Crippen molar-refractivity contribution in [2.24, 2.45) is 23.0 Å². The third kappa shape index (κ3) is 1.65. The number of carbonyl (C=O) groups is 1. The van der Waals surface area contributed by atoms with E-state index in [-0.39, 0.29) is 11.8 Å². The van der Waals surface area contributed by atoms with Crippen LogP contribution in [-0.4, -0.2) is 17.6 Å². The maximum absolute atomic E-state index is 10.8. The number of aliphatic carboxylic acids is 1. The zero-order chi connectivity index (χ0) is 10.2. The van der Waals surface area contributed by atoms with Crippen LogP contribution in [0.1, 0.15) is 38.5 Å². The van der Waals surface area contributed by atoms with Gasteiger partial charge in [-0.15, -0.1) is 0 Å². The van der Waals surface area contributed by atoms with E-state index in [9.17, 15) is 4.79 Å². The van der Waals surface area contributed by atoms with E-state index < -0.39 is 5.97 Å². The molecule has 80 valence electrons. The molecule has 3 heteroatoms. The molecule has 0 aromatic carbocycles. The number of carboxylic acids is 1. The molecule has 3 nitrogen and oxygen atoms in total. The van der Waals surface area contributed by atoms with Crippen LogP contribution < -0.4 is 5.73 Å². The third-order valence-corrected chi connectivity index (χ3v) is 4.17. The highest BCUT2D eigenvalue weighted by atomic mass is 16.4. The summed E-state index contributed by atoms with van der Waals surface area (Å²) in [6.45, 7) is 0.548. The molecule has 2 saturated carbocycles. The highest BCUT2D eigenvalue weighted by Gasteiger charge is 2.46. The molecular weight excluding hydrogens is 178 g/mol. The van der Waals surface area contributed by atoms with Crippen LogP contribution >= 0.6 is 0 Å². The quantitative estimate of drug-likeness (QED) is 0.722. The Morgan fingerprint density at radius 3 is 2.36 bits per heavy atom. The van der Waals surface area contributed by atoms with Crippen LogP contribution in [0.4, 0.5) is 0 Å². The fraction of sp³-hybridized carbons (Fsp3) is 0.909. The summed E-state index contributed by atoms with van der Waals surface area (Å²) < 4.78 is 0. The molecule has 0 amide bonds. The molecule has 0 aliphatic heterocycles. The van der Waals surface area contributed by atoms with Gasteiger partial charge >= 0.3 is 5.97 Å². The fourth-order valence-electron chi connectivity index (χ4n) is 3.55. The first-order chi connectivity index (χ1) is 6.65. The van der Waals surface area contributed by atoms with Crippen LogP contribution in [0.25, 0.3) is 0 Å². The summed E-state index contributed by atoms with van der Waals surface area (Å²) in [5, 5.41) is 8.88. The van der Waals surface area contributed by atoms with Gasteiger partial charge in [0.1, 0.15) is 0 Å². The van der Waals surface area contributed by atoms with E-state index in [1.54, 1.807) is 0 Å². The second-order valence-corrected chi connectivity index (χ2v) is 5.13. The van der Waals surface area contributed by atoms with Crippen LogP contribution in [0.5, 0.6) is 0 Å². The lowest BCUT2D eigenvalue weighted by molar-refractivity contribution is -0.139. The minimum absolute atomic E-state index is 0.0679. The summed E-state index contributed by atoms with van der Waals surface area (Å²) in [4.78, 5) is 10.8. The van der Waals surface area contributed by atoms with E-state index in [1.807, 2.05) is 0 Å². The van der Waals surface area contributed by atoms with E-state index in [1.165, 1.54) is 19.3 Å². The van der Waals surface area contributed by atoms with Gasteiger partial charge < -0.3 is 10.8 Å². The molecule has 2 atom stereocenters. The molecule has 0 spiro atoms. The second-order valence-electron chi connectivity index (χ2n) is 5.13. The Kier molecular flexibility index (Phi) is 2.52. The number of hydrogen-bond acceptors (Lipinski definition) is 2. The Morgan fingerprint density at radius 2 is 1.93 bits per heavy atom. The Balaban J connectivity index is 2.05. The van der Waals surface area contributed by atoms with E-state index in [4.69, 9.17) is 10.8 Å². The number of hydrogen-bond donors (Lipinski definition) is 2. The number of rotatable bonds is 3. The van der Waals surface area contributed by atoms with Gasteiger partial charge in [0.25, 0.3) is 0 Å². The van der Waals surface area contributed by atoms with Gasteiger partial charge in [0.15, 0.2) is 0 Å². The molecule has 0 aromatic rings. The third-order valence-electron chi connectivity index (χ3n) is 4.17. The second kappa shape index (κ2) is 3.54. The first-order valence-corrected chi connectivity index (χ1v) is 5.57. The number of carboxylic acid groups (broad SMARTS) is 1. The molecule has 0 unspecified atom stereocenters. The molecule has 0 heterocycles. The molecule has 0 bridgehead atoms. The van der Waals surface area contributed by atoms with Crippen LogP contribution in [0, 0.1) is 17.3 Å². The fourth-order valence-corrected chi connectivity index (χ4v) is 3.55. The van der Waals surface area contributed by atoms with Gasteiger partial charge in [-0.25, -0.2) is 0 Å². The van der Waals surface area contributed by atoms with Gasteiger partial charge in [-0.1, -0.05) is 19.3 Å². The zero-order valence-corrected chi connectivity index (χ0v) is 8.54. The standard InChI is InChI=1S/C11H19NO2/c12-7-11(6-10(13)14)4-8-2-1-3-9(8)5-11/h8-9H,1-7,12H2,(H,13,14)/t8-,9-/m1/s1. The zero-order valence-electron chi connectivity index (χ0n) is 8.54. The van der Waals surface area contributed by atoms with Crippen molar-refractivity contribution in [2.45, 2.75) is 38.5 Å². The topological polar surface area (TPSA) is 63.3 Å². The molecule has 0 radical (unpaired) electrons. The lowest BCUT2D eigenvalue weighted by atomic mass is 9.80. The maximum atomic E-state index is 10.8. The van der Waals surface area contributed by atoms with Crippen molar-refractivity contribution in [2.75, 3.05) is 6.54 Å². The average molecular weight is 197 g/mol. The smallest absolute Gasteiger partial charge is 0.303 e. The lowest BCUT2D eigenvalue weighted by Crippen LogP contribution is -2.31. The first-order valence-electron chi connectivity index (χ1n) is 5.57. The predicted molar refractivity (Wildman–Crippen MR) is 53.8 cm³/mol. The van der Waals surface area contributed by atoms with Crippen LogP contribution in [0.3, 0.4) is 0 Å².